The summed E-state index contributed by atoms with van der Waals surface area (Å²) >= 11 is 5.35. The van der Waals surface area contributed by atoms with Crippen LogP contribution in [-0.4, -0.2) is 36.9 Å². The molecule has 2 aliphatic rings. The Balaban J connectivity index is 1.81. The summed E-state index contributed by atoms with van der Waals surface area (Å²) in [5.74, 6) is 1.08. The molecule has 0 aromatic heterocycles. The molecule has 128 valence electrons. The van der Waals surface area contributed by atoms with E-state index in [4.69, 9.17) is 21.2 Å². The number of aliphatic hydroxyl groups is 1. The van der Waals surface area contributed by atoms with Crippen molar-refractivity contribution in [2.24, 2.45) is 17.0 Å². The van der Waals surface area contributed by atoms with Crippen molar-refractivity contribution in [3.63, 3.8) is 0 Å². The van der Waals surface area contributed by atoms with Crippen LogP contribution in [0.2, 0.25) is 0 Å². The molecule has 1 fully saturated rings. The predicted molar refractivity (Wildman–Crippen MR) is 89.6 cm³/mol. The number of aliphatic hydroxyl groups excluding tert-OH is 1. The quantitative estimate of drug-likeness (QED) is 0.435. The van der Waals surface area contributed by atoms with Crippen LogP contribution in [0.3, 0.4) is 0 Å². The molecule has 0 aromatic rings. The van der Waals surface area contributed by atoms with E-state index in [1.165, 1.54) is 5.54 Å². The van der Waals surface area contributed by atoms with E-state index in [1.807, 2.05) is 0 Å². The van der Waals surface area contributed by atoms with Crippen molar-refractivity contribution in [1.82, 2.24) is 0 Å². The molecule has 0 bridgehead atoms. The van der Waals surface area contributed by atoms with Crippen molar-refractivity contribution >= 4 is 23.6 Å². The largest absolute Gasteiger partial charge is 0.512 e. The van der Waals surface area contributed by atoms with E-state index in [2.05, 4.69) is 5.16 Å². The third-order valence-electron chi connectivity index (χ3n) is 4.45. The van der Waals surface area contributed by atoms with Crippen LogP contribution in [0.5, 0.6) is 0 Å². The Morgan fingerprint density at radius 1 is 1.30 bits per heavy atom. The third kappa shape index (κ3) is 5.66. The Morgan fingerprint density at radius 3 is 2.78 bits per heavy atom. The Hall–Kier alpha value is -1.33. The number of halogens is 1. The van der Waals surface area contributed by atoms with Crippen LogP contribution in [0.25, 0.3) is 0 Å². The van der Waals surface area contributed by atoms with Crippen LogP contribution in [0, 0.1) is 11.8 Å². The number of carbonyl (C=O) groups is 1. The van der Waals surface area contributed by atoms with Gasteiger partial charge in [-0.2, -0.15) is 0 Å². The van der Waals surface area contributed by atoms with Crippen molar-refractivity contribution in [3.05, 3.63) is 22.9 Å². The topological polar surface area (TPSA) is 68.1 Å². The van der Waals surface area contributed by atoms with E-state index < -0.39 is 0 Å². The Morgan fingerprint density at radius 2 is 2.09 bits per heavy atom. The fourth-order valence-corrected chi connectivity index (χ4v) is 3.28. The van der Waals surface area contributed by atoms with Crippen LogP contribution >= 0.6 is 11.6 Å². The highest BCUT2D eigenvalue weighted by Gasteiger charge is 2.32. The zero-order chi connectivity index (χ0) is 16.5. The lowest BCUT2D eigenvalue weighted by Gasteiger charge is -2.32. The van der Waals surface area contributed by atoms with Crippen LogP contribution in [0.4, 0.5) is 0 Å². The number of ether oxygens (including phenoxy) is 1. The maximum absolute atomic E-state index is 12.3. The van der Waals surface area contributed by atoms with Crippen LogP contribution in [-0.2, 0) is 14.4 Å². The van der Waals surface area contributed by atoms with Crippen molar-refractivity contribution in [2.75, 3.05) is 19.8 Å². The number of carbonyl (C=O) groups excluding carboxylic acids is 1. The minimum Gasteiger partial charge on any atom is -0.512 e. The van der Waals surface area contributed by atoms with E-state index in [1.54, 1.807) is 12.3 Å². The molecule has 1 atom stereocenters. The van der Waals surface area contributed by atoms with E-state index in [9.17, 15) is 9.90 Å². The van der Waals surface area contributed by atoms with Gasteiger partial charge in [0.25, 0.3) is 0 Å². The van der Waals surface area contributed by atoms with Crippen LogP contribution in [0.15, 0.2) is 28.1 Å². The van der Waals surface area contributed by atoms with Gasteiger partial charge in [0.15, 0.2) is 5.78 Å². The fourth-order valence-electron chi connectivity index (χ4n) is 3.21. The van der Waals surface area contributed by atoms with Crippen molar-refractivity contribution < 1.29 is 19.5 Å². The molecule has 6 heteroatoms. The van der Waals surface area contributed by atoms with Crippen LogP contribution in [0.1, 0.15) is 38.5 Å². The number of allylic oxidation sites excluding steroid dienone is 2. The Kier molecular flexibility index (Phi) is 7.62. The third-order valence-corrected chi connectivity index (χ3v) is 4.63. The monoisotopic (exact) mass is 341 g/mol. The highest BCUT2D eigenvalue weighted by atomic mass is 35.5. The molecule has 1 saturated heterocycles. The minimum absolute atomic E-state index is 0.0737. The second-order valence-electron chi connectivity index (χ2n) is 5.95. The molecule has 0 spiro atoms. The summed E-state index contributed by atoms with van der Waals surface area (Å²) in [6.07, 6.45) is 7.44. The number of oxime groups is 1. The standard InChI is InChI=1S/C17H24ClNO4/c18-6-2-8-23-19-7-1-3-15-16(20)11-14(12-17(15)21)13-4-9-22-10-5-13/h2,6-7,13-14,20H,1,3-5,8-12H2/b6-2+,19-7?. The predicted octanol–water partition coefficient (Wildman–Crippen LogP) is 3.74. The maximum Gasteiger partial charge on any atom is 0.162 e. The van der Waals surface area contributed by atoms with Gasteiger partial charge in [0, 0.05) is 43.4 Å². The van der Waals surface area contributed by atoms with Crippen LogP contribution < -0.4 is 0 Å². The van der Waals surface area contributed by atoms with Gasteiger partial charge in [-0.15, -0.1) is 0 Å². The van der Waals surface area contributed by atoms with Gasteiger partial charge >= 0.3 is 0 Å². The number of hydrogen-bond acceptors (Lipinski definition) is 5. The molecule has 2 rings (SSSR count). The SMILES string of the molecule is O=C1CC(C2CCOCC2)CC(O)=C1CCC=NOC/C=C/Cl. The first-order valence-electron chi connectivity index (χ1n) is 8.13. The highest BCUT2D eigenvalue weighted by Crippen LogP contribution is 2.36. The molecule has 0 aromatic carbocycles. The summed E-state index contributed by atoms with van der Waals surface area (Å²) in [7, 11) is 0. The number of rotatable bonds is 7. The van der Waals surface area contributed by atoms with Crippen molar-refractivity contribution in [3.8, 4) is 0 Å². The normalized spacial score (nSPS) is 24.0. The lowest BCUT2D eigenvalue weighted by molar-refractivity contribution is -0.118. The minimum atomic E-state index is 0.0737. The van der Waals surface area contributed by atoms with Crippen molar-refractivity contribution in [2.45, 2.75) is 38.5 Å². The van der Waals surface area contributed by atoms with Crippen molar-refractivity contribution in [1.29, 1.82) is 0 Å². The Labute approximate surface area is 142 Å². The van der Waals surface area contributed by atoms with Gasteiger partial charge in [-0.1, -0.05) is 16.8 Å². The van der Waals surface area contributed by atoms with Gasteiger partial charge < -0.3 is 14.7 Å². The Bertz CT molecular complexity index is 481. The summed E-state index contributed by atoms with van der Waals surface area (Å²) in [5.41, 5.74) is 1.92. The second kappa shape index (κ2) is 9.73. The van der Waals surface area contributed by atoms with Gasteiger partial charge in [0.1, 0.15) is 6.61 Å². The van der Waals surface area contributed by atoms with E-state index in [-0.39, 0.29) is 17.5 Å². The first-order chi connectivity index (χ1) is 11.2. The lowest BCUT2D eigenvalue weighted by atomic mass is 9.75. The van der Waals surface area contributed by atoms with Gasteiger partial charge in [-0.3, -0.25) is 4.79 Å². The molecule has 1 N–H and O–H groups in total. The summed E-state index contributed by atoms with van der Waals surface area (Å²) in [5, 5.41) is 14.0. The first kappa shape index (κ1) is 18.0. The zero-order valence-corrected chi connectivity index (χ0v) is 14.0. The molecule has 0 radical (unpaired) electrons. The molecule has 1 aliphatic carbocycles. The number of nitrogens with zero attached hydrogens (tertiary/aromatic N) is 1. The smallest absolute Gasteiger partial charge is 0.162 e. The number of hydrogen-bond donors (Lipinski definition) is 1. The van der Waals surface area contributed by atoms with E-state index in [0.29, 0.717) is 43.8 Å². The van der Waals surface area contributed by atoms with Gasteiger partial charge in [-0.05, 0) is 43.6 Å². The number of Topliss-reactive ketones (excluding diaryl/α,β-unsaturated/α-hetero) is 1. The molecule has 23 heavy (non-hydrogen) atoms. The molecule has 5 nitrogen and oxygen atoms in total. The van der Waals surface area contributed by atoms with E-state index in [0.717, 1.165) is 26.1 Å². The molecule has 1 unspecified atom stereocenters. The summed E-state index contributed by atoms with van der Waals surface area (Å²) < 4.78 is 5.37. The molecule has 1 heterocycles. The van der Waals surface area contributed by atoms with Gasteiger partial charge in [0.05, 0.1) is 5.76 Å². The highest BCUT2D eigenvalue weighted by molar-refractivity contribution is 6.25. The van der Waals surface area contributed by atoms with Gasteiger partial charge in [0.2, 0.25) is 0 Å². The first-order valence-corrected chi connectivity index (χ1v) is 8.57. The lowest BCUT2D eigenvalue weighted by Crippen LogP contribution is -2.29. The summed E-state index contributed by atoms with van der Waals surface area (Å²) in [6.45, 7) is 1.85. The zero-order valence-electron chi connectivity index (χ0n) is 13.2. The fraction of sp³-hybridized carbons (Fsp3) is 0.647. The molecule has 0 amide bonds. The average molecular weight is 342 g/mol. The summed E-state index contributed by atoms with van der Waals surface area (Å²) in [6, 6.07) is 0. The summed E-state index contributed by atoms with van der Waals surface area (Å²) in [4.78, 5) is 17.3. The van der Waals surface area contributed by atoms with E-state index >= 15 is 0 Å². The average Bonchev–Trinajstić information content (AvgIpc) is 2.56. The van der Waals surface area contributed by atoms with Gasteiger partial charge in [-0.25, -0.2) is 0 Å². The second-order valence-corrected chi connectivity index (χ2v) is 6.20. The molecular formula is C17H24ClNO4. The molecular weight excluding hydrogens is 318 g/mol. The molecule has 0 saturated carbocycles. The number of ketones is 1. The molecule has 1 aliphatic heterocycles. The maximum atomic E-state index is 12.3.